The summed E-state index contributed by atoms with van der Waals surface area (Å²) in [5.41, 5.74) is 2.98. The molecule has 4 aliphatic rings. The van der Waals surface area contributed by atoms with Crippen LogP contribution in [0.1, 0.15) is 47.2 Å². The monoisotopic (exact) mass is 677 g/mol. The number of hydrogen-bond acceptors (Lipinski definition) is 7. The molecule has 3 aromatic carbocycles. The molecule has 1 N–H and O–H groups in total. The zero-order valence-corrected chi connectivity index (χ0v) is 26.3. The highest BCUT2D eigenvalue weighted by Crippen LogP contribution is 2.57. The van der Waals surface area contributed by atoms with Gasteiger partial charge in [-0.1, -0.05) is 54.1 Å². The molecule has 2 amide bonds. The molecule has 0 bridgehead atoms. The van der Waals surface area contributed by atoms with Gasteiger partial charge in [0.25, 0.3) is 0 Å². The van der Waals surface area contributed by atoms with E-state index in [1.54, 1.807) is 73.7 Å². The number of nitrogens with zero attached hydrogens (tertiary/aromatic N) is 1. The van der Waals surface area contributed by atoms with E-state index in [-0.39, 0.29) is 63.2 Å². The lowest BCUT2D eigenvalue weighted by atomic mass is 9.59. The van der Waals surface area contributed by atoms with E-state index in [2.05, 4.69) is 15.9 Å². The molecule has 9 heteroatoms. The molecule has 0 spiro atoms. The highest BCUT2D eigenvalue weighted by molar-refractivity contribution is 9.12. The van der Waals surface area contributed by atoms with Crippen molar-refractivity contribution in [3.63, 3.8) is 0 Å². The van der Waals surface area contributed by atoms with Gasteiger partial charge in [-0.15, -0.1) is 0 Å². The number of hydrogen-bond donors (Lipinski definition) is 1. The second-order valence-electron chi connectivity index (χ2n) is 11.8. The van der Waals surface area contributed by atoms with Crippen LogP contribution in [-0.4, -0.2) is 40.9 Å². The molecule has 1 aliphatic heterocycles. The minimum atomic E-state index is -0.802. The molecule has 8 nitrogen and oxygen atoms in total. The summed E-state index contributed by atoms with van der Waals surface area (Å²) >= 11 is 3.23. The molecule has 4 unspecified atom stereocenters. The van der Waals surface area contributed by atoms with Crippen molar-refractivity contribution in [1.29, 1.82) is 0 Å². The van der Waals surface area contributed by atoms with Crippen LogP contribution in [0.15, 0.2) is 106 Å². The molecule has 7 rings (SSSR count). The standard InChI is InChI=1S/C37H28BrNO7/c1-2-46-29-10-6-9-23(35(29)43)30-22-15-16-24-31(25(22)17-26-32(30)28(40)18-27(38)34(26)42)37(45)39(36(24)44)21-13-11-20(12-14-21)33(41)19-7-4-3-5-8-19/h3-15,18,24-25,30-31,43H,2,16-17H2,1H3. The van der Waals surface area contributed by atoms with Crippen LogP contribution >= 0.6 is 15.9 Å². The Hall–Kier alpha value is -4.89. The number of carbonyl (C=O) groups excluding carboxylic acids is 5. The molecule has 4 atom stereocenters. The molecule has 1 saturated heterocycles. The van der Waals surface area contributed by atoms with Gasteiger partial charge in [0.05, 0.1) is 28.6 Å². The number of halogens is 1. The van der Waals surface area contributed by atoms with Crippen LogP contribution in [0.25, 0.3) is 0 Å². The van der Waals surface area contributed by atoms with Gasteiger partial charge in [0.1, 0.15) is 0 Å². The Bertz CT molecular complexity index is 1940. The van der Waals surface area contributed by atoms with Crippen LogP contribution in [0.5, 0.6) is 11.5 Å². The Morgan fingerprint density at radius 2 is 1.63 bits per heavy atom. The van der Waals surface area contributed by atoms with E-state index in [9.17, 15) is 29.1 Å². The molecule has 1 fully saturated rings. The maximum Gasteiger partial charge on any atom is 0.238 e. The average molecular weight is 679 g/mol. The lowest BCUT2D eigenvalue weighted by Crippen LogP contribution is -2.39. The van der Waals surface area contributed by atoms with E-state index in [1.165, 1.54) is 11.0 Å². The van der Waals surface area contributed by atoms with Gasteiger partial charge in [0.2, 0.25) is 11.8 Å². The number of imide groups is 1. The molecule has 0 saturated carbocycles. The third-order valence-electron chi connectivity index (χ3n) is 9.40. The van der Waals surface area contributed by atoms with Gasteiger partial charge >= 0.3 is 0 Å². The van der Waals surface area contributed by atoms with E-state index in [1.807, 2.05) is 12.1 Å². The van der Waals surface area contributed by atoms with Gasteiger partial charge < -0.3 is 9.84 Å². The molecular weight excluding hydrogens is 650 g/mol. The summed E-state index contributed by atoms with van der Waals surface area (Å²) in [7, 11) is 0. The molecule has 3 aromatic rings. The fraction of sp³-hybridized carbons (Fsp3) is 0.216. The van der Waals surface area contributed by atoms with E-state index in [4.69, 9.17) is 4.74 Å². The van der Waals surface area contributed by atoms with Crippen molar-refractivity contribution in [3.05, 3.63) is 123 Å². The smallest absolute Gasteiger partial charge is 0.238 e. The lowest BCUT2D eigenvalue weighted by Gasteiger charge is -2.42. The van der Waals surface area contributed by atoms with Crippen molar-refractivity contribution in [2.45, 2.75) is 25.7 Å². The van der Waals surface area contributed by atoms with Crippen molar-refractivity contribution >= 4 is 50.8 Å². The number of Topliss-reactive ketones (excluding diaryl/α,β-unsaturated/α-hetero) is 1. The van der Waals surface area contributed by atoms with Gasteiger partial charge in [-0.25, -0.2) is 0 Å². The number of carbonyl (C=O) groups is 5. The second-order valence-corrected chi connectivity index (χ2v) is 12.6. The van der Waals surface area contributed by atoms with Crippen molar-refractivity contribution < 1.29 is 33.8 Å². The highest BCUT2D eigenvalue weighted by Gasteiger charge is 2.57. The van der Waals surface area contributed by atoms with Crippen LogP contribution in [0.3, 0.4) is 0 Å². The Kier molecular flexibility index (Phi) is 7.44. The van der Waals surface area contributed by atoms with E-state index >= 15 is 0 Å². The van der Waals surface area contributed by atoms with Crippen molar-refractivity contribution in [2.24, 2.45) is 17.8 Å². The third kappa shape index (κ3) is 4.60. The second kappa shape index (κ2) is 11.5. The maximum atomic E-state index is 14.2. The summed E-state index contributed by atoms with van der Waals surface area (Å²) in [4.78, 5) is 69.2. The normalized spacial score (nSPS) is 23.8. The summed E-state index contributed by atoms with van der Waals surface area (Å²) in [5, 5.41) is 11.3. The van der Waals surface area contributed by atoms with Crippen LogP contribution in [0, 0.1) is 17.8 Å². The summed E-state index contributed by atoms with van der Waals surface area (Å²) in [6, 6.07) is 20.3. The average Bonchev–Trinajstić information content (AvgIpc) is 3.33. The van der Waals surface area contributed by atoms with Gasteiger partial charge in [-0.3, -0.25) is 28.9 Å². The first-order chi connectivity index (χ1) is 22.2. The number of fused-ring (bicyclic) bond motifs is 3. The quantitative estimate of drug-likeness (QED) is 0.147. The van der Waals surface area contributed by atoms with Crippen LogP contribution in [0.4, 0.5) is 5.69 Å². The zero-order valence-electron chi connectivity index (χ0n) is 24.7. The Morgan fingerprint density at radius 1 is 0.913 bits per heavy atom. The third-order valence-corrected chi connectivity index (χ3v) is 9.98. The van der Waals surface area contributed by atoms with E-state index < -0.39 is 29.6 Å². The largest absolute Gasteiger partial charge is 0.504 e. The number of ether oxygens (including phenoxy) is 1. The minimum absolute atomic E-state index is 0.107. The summed E-state index contributed by atoms with van der Waals surface area (Å²) in [6.07, 6.45) is 3.52. The fourth-order valence-electron chi connectivity index (χ4n) is 7.38. The van der Waals surface area contributed by atoms with Crippen molar-refractivity contribution in [3.8, 4) is 11.5 Å². The number of para-hydroxylation sites is 1. The Labute approximate surface area is 273 Å². The Balaban J connectivity index is 1.27. The number of aromatic hydroxyl groups is 1. The van der Waals surface area contributed by atoms with Gasteiger partial charge in [0, 0.05) is 39.8 Å². The summed E-state index contributed by atoms with van der Waals surface area (Å²) in [6.45, 7) is 2.10. The molecule has 46 heavy (non-hydrogen) atoms. The topological polar surface area (TPSA) is 118 Å². The lowest BCUT2D eigenvalue weighted by molar-refractivity contribution is -0.123. The Morgan fingerprint density at radius 3 is 2.35 bits per heavy atom. The number of phenols is 1. The summed E-state index contributed by atoms with van der Waals surface area (Å²) in [5.74, 6) is -4.32. The van der Waals surface area contributed by atoms with Crippen molar-refractivity contribution in [2.75, 3.05) is 11.5 Å². The zero-order chi connectivity index (χ0) is 32.3. The SMILES string of the molecule is CCOc1cccc(C2C3=CCC4C(=O)N(c5ccc(C(=O)c6ccccc6)cc5)C(=O)C4C3CC3=C2C(=O)C=C(Br)C3=O)c1O. The van der Waals surface area contributed by atoms with Gasteiger partial charge in [0.15, 0.2) is 28.8 Å². The molecule has 1 heterocycles. The van der Waals surface area contributed by atoms with Crippen LogP contribution in [-0.2, 0) is 19.2 Å². The molecular formula is C37H28BrNO7. The number of anilines is 1. The van der Waals surface area contributed by atoms with E-state index in [0.717, 1.165) is 5.57 Å². The first-order valence-corrected chi connectivity index (χ1v) is 15.9. The number of phenolic OH excluding ortho intramolecular Hbond substituents is 1. The highest BCUT2D eigenvalue weighted by atomic mass is 79.9. The first kappa shape index (κ1) is 29.8. The molecule has 230 valence electrons. The summed E-state index contributed by atoms with van der Waals surface area (Å²) < 4.78 is 5.76. The van der Waals surface area contributed by atoms with Crippen LogP contribution < -0.4 is 9.64 Å². The number of rotatable bonds is 6. The number of allylic oxidation sites excluding steroid dienone is 6. The number of benzene rings is 3. The molecule has 0 aromatic heterocycles. The number of amides is 2. The maximum absolute atomic E-state index is 14.2. The van der Waals surface area contributed by atoms with Crippen LogP contribution in [0.2, 0.25) is 0 Å². The van der Waals surface area contributed by atoms with Gasteiger partial charge in [-0.05, 0) is 71.9 Å². The first-order valence-electron chi connectivity index (χ1n) is 15.1. The predicted octanol–water partition coefficient (Wildman–Crippen LogP) is 5.99. The molecule has 0 radical (unpaired) electrons. The molecule has 3 aliphatic carbocycles. The fourth-order valence-corrected chi connectivity index (χ4v) is 7.83. The number of ketones is 3. The predicted molar refractivity (Wildman–Crippen MR) is 173 cm³/mol. The minimum Gasteiger partial charge on any atom is -0.504 e. The van der Waals surface area contributed by atoms with Gasteiger partial charge in [-0.2, -0.15) is 0 Å². The van der Waals surface area contributed by atoms with E-state index in [0.29, 0.717) is 29.0 Å². The van der Waals surface area contributed by atoms with Crippen molar-refractivity contribution in [1.82, 2.24) is 0 Å².